The number of unbranched alkanes of at least 4 members (excludes halogenated alkanes) is 1. The smallest absolute Gasteiger partial charge is 0.323 e. The minimum absolute atomic E-state index is 0.295. The monoisotopic (exact) mass is 451 g/mol. The number of halogens is 1. The van der Waals surface area contributed by atoms with E-state index in [2.05, 4.69) is 22.9 Å². The molecule has 3 amide bonds. The molecule has 0 fully saturated rings. The highest BCUT2D eigenvalue weighted by molar-refractivity contribution is 6.31. The number of anilines is 3. The number of ether oxygens (including phenoxy) is 2. The molecule has 0 radical (unpaired) electrons. The van der Waals surface area contributed by atoms with Gasteiger partial charge >= 0.3 is 6.03 Å². The average Bonchev–Trinajstić information content (AvgIpc) is 2.90. The quantitative estimate of drug-likeness (QED) is 0.372. The van der Waals surface area contributed by atoms with Crippen LogP contribution in [-0.4, -0.2) is 18.5 Å². The van der Waals surface area contributed by atoms with Crippen molar-refractivity contribution in [3.05, 3.63) is 71.2 Å². The van der Waals surface area contributed by atoms with Crippen molar-refractivity contribution < 1.29 is 19.1 Å². The molecule has 1 aliphatic rings. The van der Waals surface area contributed by atoms with Crippen LogP contribution < -0.4 is 25.4 Å². The van der Waals surface area contributed by atoms with Gasteiger partial charge in [0.25, 0.3) is 5.91 Å². The Morgan fingerprint density at radius 2 is 1.72 bits per heavy atom. The number of hydrogen-bond acceptors (Lipinski definition) is 4. The summed E-state index contributed by atoms with van der Waals surface area (Å²) in [5.74, 6) is 1.27. The Labute approximate surface area is 190 Å². The number of urea groups is 1. The first-order valence-corrected chi connectivity index (χ1v) is 10.6. The fourth-order valence-electron chi connectivity index (χ4n) is 3.13. The maximum Gasteiger partial charge on any atom is 0.323 e. The summed E-state index contributed by atoms with van der Waals surface area (Å²) < 4.78 is 11.5. The van der Waals surface area contributed by atoms with Gasteiger partial charge in [-0.1, -0.05) is 24.9 Å². The van der Waals surface area contributed by atoms with Crippen molar-refractivity contribution >= 4 is 40.6 Å². The van der Waals surface area contributed by atoms with Gasteiger partial charge in [-0.3, -0.25) is 4.79 Å². The van der Waals surface area contributed by atoms with Crippen LogP contribution in [0.3, 0.4) is 0 Å². The van der Waals surface area contributed by atoms with E-state index in [1.54, 1.807) is 60.7 Å². The number of fused-ring (bicyclic) bond motifs is 2. The van der Waals surface area contributed by atoms with Gasteiger partial charge in [-0.15, -0.1) is 0 Å². The van der Waals surface area contributed by atoms with E-state index in [-0.39, 0.29) is 5.91 Å². The van der Waals surface area contributed by atoms with E-state index in [0.717, 1.165) is 18.6 Å². The van der Waals surface area contributed by atoms with Gasteiger partial charge in [0.15, 0.2) is 5.75 Å². The second kappa shape index (κ2) is 9.62. The fourth-order valence-corrected chi connectivity index (χ4v) is 3.31. The first-order chi connectivity index (χ1) is 15.5. The third-order valence-corrected chi connectivity index (χ3v) is 5.01. The van der Waals surface area contributed by atoms with Gasteiger partial charge in [0.2, 0.25) is 0 Å². The fraction of sp³-hybridized carbons (Fsp3) is 0.167. The molecule has 1 heterocycles. The van der Waals surface area contributed by atoms with E-state index in [9.17, 15) is 9.59 Å². The molecule has 4 rings (SSSR count). The molecule has 0 bridgehead atoms. The van der Waals surface area contributed by atoms with Crippen LogP contribution in [0.25, 0.3) is 0 Å². The van der Waals surface area contributed by atoms with Gasteiger partial charge in [0.1, 0.15) is 11.5 Å². The Bertz CT molecular complexity index is 1150. The summed E-state index contributed by atoms with van der Waals surface area (Å²) in [4.78, 5) is 25.1. The van der Waals surface area contributed by atoms with Crippen LogP contribution in [0.2, 0.25) is 5.02 Å². The number of benzene rings is 3. The number of carbonyl (C=O) groups excluding carboxylic acids is 2. The van der Waals surface area contributed by atoms with E-state index < -0.39 is 6.03 Å². The molecule has 0 aliphatic carbocycles. The lowest BCUT2D eigenvalue weighted by molar-refractivity contribution is 0.102. The number of rotatable bonds is 6. The Kier molecular flexibility index (Phi) is 6.47. The molecule has 164 valence electrons. The summed E-state index contributed by atoms with van der Waals surface area (Å²) >= 11 is 6.01. The first-order valence-electron chi connectivity index (χ1n) is 10.3. The van der Waals surface area contributed by atoms with Gasteiger partial charge in [0.05, 0.1) is 17.9 Å². The summed E-state index contributed by atoms with van der Waals surface area (Å²) in [6, 6.07) is 16.6. The molecule has 0 saturated heterocycles. The predicted octanol–water partition coefficient (Wildman–Crippen LogP) is 6.52. The maximum atomic E-state index is 12.7. The highest BCUT2D eigenvalue weighted by atomic mass is 35.5. The van der Waals surface area contributed by atoms with Crippen LogP contribution in [0.5, 0.6) is 17.2 Å². The van der Waals surface area contributed by atoms with Crippen LogP contribution >= 0.6 is 11.6 Å². The number of nitrogens with one attached hydrogen (secondary N) is 3. The van der Waals surface area contributed by atoms with Crippen molar-refractivity contribution in [3.63, 3.8) is 0 Å². The standard InChI is InChI=1S/C24H22ClN3O4/c1-2-3-12-31-18-8-5-16(6-9-18)26-24(30)27-17-7-11-21-19(14-17)23(29)28-20-13-15(25)4-10-22(20)32-21/h4-11,13-14H,2-3,12H2,1H3,(H,28,29)(H2,26,27,30). The lowest BCUT2D eigenvalue weighted by atomic mass is 10.1. The van der Waals surface area contributed by atoms with Crippen molar-refractivity contribution in [1.82, 2.24) is 0 Å². The molecular formula is C24H22ClN3O4. The van der Waals surface area contributed by atoms with E-state index in [4.69, 9.17) is 21.1 Å². The first kappa shape index (κ1) is 21.5. The van der Waals surface area contributed by atoms with Crippen LogP contribution in [0.4, 0.5) is 21.9 Å². The predicted molar refractivity (Wildman–Crippen MR) is 125 cm³/mol. The Balaban J connectivity index is 1.41. The minimum atomic E-state index is -0.436. The van der Waals surface area contributed by atoms with E-state index in [0.29, 0.717) is 45.8 Å². The maximum absolute atomic E-state index is 12.7. The van der Waals surface area contributed by atoms with E-state index >= 15 is 0 Å². The topological polar surface area (TPSA) is 88.7 Å². The van der Waals surface area contributed by atoms with Gasteiger partial charge in [-0.2, -0.15) is 0 Å². The molecule has 3 aromatic rings. The molecule has 3 aromatic carbocycles. The van der Waals surface area contributed by atoms with Crippen LogP contribution in [0.15, 0.2) is 60.7 Å². The normalized spacial score (nSPS) is 11.9. The van der Waals surface area contributed by atoms with Gasteiger partial charge in [-0.05, 0) is 67.1 Å². The number of carbonyl (C=O) groups is 2. The van der Waals surface area contributed by atoms with Crippen LogP contribution in [-0.2, 0) is 0 Å². The van der Waals surface area contributed by atoms with Crippen LogP contribution in [0.1, 0.15) is 30.1 Å². The Hall–Kier alpha value is -3.71. The lowest BCUT2D eigenvalue weighted by Crippen LogP contribution is -2.20. The van der Waals surface area contributed by atoms with E-state index in [1.165, 1.54) is 0 Å². The average molecular weight is 452 g/mol. The highest BCUT2D eigenvalue weighted by Crippen LogP contribution is 2.37. The summed E-state index contributed by atoms with van der Waals surface area (Å²) in [5, 5.41) is 8.75. The molecule has 0 atom stereocenters. The third-order valence-electron chi connectivity index (χ3n) is 4.77. The molecular weight excluding hydrogens is 430 g/mol. The van der Waals surface area contributed by atoms with Gasteiger partial charge in [-0.25, -0.2) is 4.79 Å². The number of hydrogen-bond donors (Lipinski definition) is 3. The molecule has 32 heavy (non-hydrogen) atoms. The Morgan fingerprint density at radius 1 is 1.00 bits per heavy atom. The van der Waals surface area contributed by atoms with Crippen molar-refractivity contribution in [1.29, 1.82) is 0 Å². The summed E-state index contributed by atoms with van der Waals surface area (Å²) in [7, 11) is 0. The van der Waals surface area contributed by atoms with Crippen molar-refractivity contribution in [2.45, 2.75) is 19.8 Å². The van der Waals surface area contributed by atoms with Gasteiger partial charge < -0.3 is 25.4 Å². The largest absolute Gasteiger partial charge is 0.494 e. The van der Waals surface area contributed by atoms with Crippen molar-refractivity contribution in [3.8, 4) is 17.2 Å². The zero-order valence-corrected chi connectivity index (χ0v) is 18.2. The molecule has 0 aromatic heterocycles. The van der Waals surface area contributed by atoms with Crippen molar-refractivity contribution in [2.24, 2.45) is 0 Å². The second-order valence-corrected chi connectivity index (χ2v) is 7.65. The molecule has 0 spiro atoms. The van der Waals surface area contributed by atoms with E-state index in [1.807, 2.05) is 0 Å². The summed E-state index contributed by atoms with van der Waals surface area (Å²) in [6.45, 7) is 2.77. The molecule has 3 N–H and O–H groups in total. The van der Waals surface area contributed by atoms with Crippen LogP contribution in [0, 0.1) is 0 Å². The molecule has 1 aliphatic heterocycles. The zero-order valence-electron chi connectivity index (χ0n) is 17.4. The molecule has 0 saturated carbocycles. The SMILES string of the molecule is CCCCOc1ccc(NC(=O)Nc2ccc3c(c2)C(=O)Nc2cc(Cl)ccc2O3)cc1. The highest BCUT2D eigenvalue weighted by Gasteiger charge is 2.21. The third kappa shape index (κ3) is 5.12. The Morgan fingerprint density at radius 3 is 2.50 bits per heavy atom. The molecule has 0 unspecified atom stereocenters. The molecule has 8 heteroatoms. The summed E-state index contributed by atoms with van der Waals surface area (Å²) in [5.41, 5.74) is 1.84. The van der Waals surface area contributed by atoms with Gasteiger partial charge in [0, 0.05) is 16.4 Å². The number of amides is 3. The van der Waals surface area contributed by atoms with Crippen molar-refractivity contribution in [2.75, 3.05) is 22.6 Å². The molecule has 7 nitrogen and oxygen atoms in total. The lowest BCUT2D eigenvalue weighted by Gasteiger charge is -2.11. The minimum Gasteiger partial charge on any atom is -0.494 e. The summed E-state index contributed by atoms with van der Waals surface area (Å²) in [6.07, 6.45) is 2.06. The second-order valence-electron chi connectivity index (χ2n) is 7.21. The zero-order chi connectivity index (χ0) is 22.5.